The second-order valence-corrected chi connectivity index (χ2v) is 10.4. The van der Waals surface area contributed by atoms with E-state index < -0.39 is 16.9 Å². The van der Waals surface area contributed by atoms with Crippen LogP contribution in [-0.2, 0) is 14.3 Å². The topological polar surface area (TPSA) is 116 Å². The number of carbonyl (C=O) groups excluding carboxylic acids is 1. The van der Waals surface area contributed by atoms with Crippen molar-refractivity contribution in [2.75, 3.05) is 37.8 Å². The molecule has 2 aliphatic rings. The predicted molar refractivity (Wildman–Crippen MR) is 141 cm³/mol. The fraction of sp³-hybridized carbons (Fsp3) is 0.320. The summed E-state index contributed by atoms with van der Waals surface area (Å²) in [7, 11) is 0. The van der Waals surface area contributed by atoms with Gasteiger partial charge in [-0.25, -0.2) is 9.79 Å². The van der Waals surface area contributed by atoms with Crippen molar-refractivity contribution in [3.8, 4) is 0 Å². The zero-order valence-electron chi connectivity index (χ0n) is 20.2. The highest BCUT2D eigenvalue weighted by molar-refractivity contribution is 7.10. The van der Waals surface area contributed by atoms with Crippen LogP contribution in [0.25, 0.3) is 6.08 Å². The Balaban J connectivity index is 1.70. The number of anilines is 1. The number of rotatable bonds is 6. The van der Waals surface area contributed by atoms with E-state index in [1.807, 2.05) is 17.5 Å². The summed E-state index contributed by atoms with van der Waals surface area (Å²) < 4.78 is 12.6. The van der Waals surface area contributed by atoms with E-state index in [4.69, 9.17) is 9.47 Å². The van der Waals surface area contributed by atoms with Crippen molar-refractivity contribution >= 4 is 46.1 Å². The van der Waals surface area contributed by atoms with E-state index in [1.54, 1.807) is 26.0 Å². The fourth-order valence-corrected chi connectivity index (χ4v) is 6.37. The predicted octanol–water partition coefficient (Wildman–Crippen LogP) is 2.60. The van der Waals surface area contributed by atoms with Crippen molar-refractivity contribution in [1.29, 1.82) is 0 Å². The molecule has 37 heavy (non-hydrogen) atoms. The first-order valence-corrected chi connectivity index (χ1v) is 13.4. The van der Waals surface area contributed by atoms with Crippen LogP contribution in [0, 0.1) is 10.1 Å². The molecular formula is C25H24N4O6S2. The van der Waals surface area contributed by atoms with E-state index in [0.717, 1.165) is 10.6 Å². The second kappa shape index (κ2) is 10.4. The number of fused-ring (bicyclic) bond motifs is 1. The van der Waals surface area contributed by atoms with Gasteiger partial charge < -0.3 is 14.4 Å². The molecule has 3 aromatic rings. The molecule has 1 fully saturated rings. The number of hydrogen-bond acceptors (Lipinski definition) is 10. The Morgan fingerprint density at radius 3 is 2.78 bits per heavy atom. The number of allylic oxidation sites excluding steroid dienone is 1. The Morgan fingerprint density at radius 2 is 2.11 bits per heavy atom. The number of non-ortho nitro benzene ring substituents is 1. The van der Waals surface area contributed by atoms with Crippen molar-refractivity contribution < 1.29 is 19.2 Å². The third-order valence-electron chi connectivity index (χ3n) is 6.19. The van der Waals surface area contributed by atoms with Crippen LogP contribution in [0.4, 0.5) is 11.4 Å². The van der Waals surface area contributed by atoms with Gasteiger partial charge in [0.1, 0.15) is 6.04 Å². The molecule has 0 spiro atoms. The zero-order valence-corrected chi connectivity index (χ0v) is 21.8. The number of morpholine rings is 1. The maximum atomic E-state index is 13.8. The smallest absolute Gasteiger partial charge is 0.338 e. The summed E-state index contributed by atoms with van der Waals surface area (Å²) in [6.07, 6.45) is 1.68. The first-order valence-electron chi connectivity index (χ1n) is 11.7. The largest absolute Gasteiger partial charge is 0.463 e. The van der Waals surface area contributed by atoms with Gasteiger partial charge in [-0.3, -0.25) is 19.5 Å². The summed E-state index contributed by atoms with van der Waals surface area (Å²) in [5.74, 6) is -0.510. The van der Waals surface area contributed by atoms with E-state index in [2.05, 4.69) is 9.89 Å². The van der Waals surface area contributed by atoms with Crippen LogP contribution in [0.2, 0.25) is 0 Å². The number of esters is 1. The Bertz CT molecular complexity index is 1570. The summed E-state index contributed by atoms with van der Waals surface area (Å²) in [5, 5.41) is 13.4. The SMILES string of the molecule is CCOC(=O)C1=C(C)N=c2s/c(=C\c3cc([N+](=O)[O-])ccc3N3CCOCC3)c(=O)n2[C@@H]1c1cccs1. The lowest BCUT2D eigenvalue weighted by atomic mass is 10.0. The fourth-order valence-electron chi connectivity index (χ4n) is 4.51. The van der Waals surface area contributed by atoms with Crippen molar-refractivity contribution in [2.24, 2.45) is 4.99 Å². The lowest BCUT2D eigenvalue weighted by Crippen LogP contribution is -2.39. The van der Waals surface area contributed by atoms with Crippen molar-refractivity contribution in [3.05, 3.63) is 87.2 Å². The minimum absolute atomic E-state index is 0.0621. The highest BCUT2D eigenvalue weighted by atomic mass is 32.1. The molecular weight excluding hydrogens is 516 g/mol. The molecule has 0 N–H and O–H groups in total. The third kappa shape index (κ3) is 4.75. The van der Waals surface area contributed by atoms with Gasteiger partial charge in [-0.1, -0.05) is 17.4 Å². The summed E-state index contributed by atoms with van der Waals surface area (Å²) in [6, 6.07) is 7.74. The van der Waals surface area contributed by atoms with Crippen LogP contribution in [0.1, 0.15) is 30.3 Å². The van der Waals surface area contributed by atoms with E-state index in [9.17, 15) is 19.7 Å². The molecule has 1 atom stereocenters. The number of thiophene rings is 1. The van der Waals surface area contributed by atoms with Gasteiger partial charge in [-0.05, 0) is 37.4 Å². The lowest BCUT2D eigenvalue weighted by Gasteiger charge is -2.30. The Kier molecular flexibility index (Phi) is 7.04. The average Bonchev–Trinajstić information content (AvgIpc) is 3.52. The van der Waals surface area contributed by atoms with Crippen molar-refractivity contribution in [2.45, 2.75) is 19.9 Å². The Labute approximate surface area is 219 Å². The number of benzene rings is 1. The van der Waals surface area contributed by atoms with Gasteiger partial charge in [0.15, 0.2) is 4.80 Å². The van der Waals surface area contributed by atoms with Crippen LogP contribution >= 0.6 is 22.7 Å². The molecule has 0 aliphatic carbocycles. The normalized spacial score (nSPS) is 17.9. The molecule has 2 aliphatic heterocycles. The number of aromatic nitrogens is 1. The van der Waals surface area contributed by atoms with E-state index in [1.165, 1.54) is 39.4 Å². The molecule has 1 aromatic carbocycles. The highest BCUT2D eigenvalue weighted by Crippen LogP contribution is 2.33. The Hall–Kier alpha value is -3.61. The summed E-state index contributed by atoms with van der Waals surface area (Å²) in [4.78, 5) is 45.7. The monoisotopic (exact) mass is 540 g/mol. The molecule has 10 nitrogen and oxygen atoms in total. The number of thiazole rings is 1. The molecule has 0 radical (unpaired) electrons. The van der Waals surface area contributed by atoms with Crippen LogP contribution < -0.4 is 19.8 Å². The maximum absolute atomic E-state index is 13.8. The van der Waals surface area contributed by atoms with Gasteiger partial charge in [0, 0.05) is 41.4 Å². The molecule has 0 amide bonds. The van der Waals surface area contributed by atoms with Crippen LogP contribution in [0.5, 0.6) is 0 Å². The quantitative estimate of drug-likeness (QED) is 0.268. The molecule has 5 rings (SSSR count). The first kappa shape index (κ1) is 25.1. The molecule has 12 heteroatoms. The molecule has 1 saturated heterocycles. The van der Waals surface area contributed by atoms with E-state index in [-0.39, 0.29) is 17.9 Å². The molecule has 4 heterocycles. The standard InChI is InChI=1S/C25H24N4O6S2/c1-3-35-24(31)21-15(2)26-25-28(22(21)19-5-4-12-36-19)23(30)20(37-25)14-16-13-17(29(32)33)6-7-18(16)27-8-10-34-11-9-27/h4-7,12-14,22H,3,8-11H2,1-2H3/b20-14-/t22-/m1/s1. The van der Waals surface area contributed by atoms with Crippen molar-refractivity contribution in [3.63, 3.8) is 0 Å². The number of ether oxygens (including phenoxy) is 2. The van der Waals surface area contributed by atoms with Crippen LogP contribution in [-0.4, -0.2) is 48.4 Å². The van der Waals surface area contributed by atoms with Gasteiger partial charge in [-0.15, -0.1) is 11.3 Å². The number of nitro groups is 1. The molecule has 2 aromatic heterocycles. The summed E-state index contributed by atoms with van der Waals surface area (Å²) in [5.41, 5.74) is 1.79. The van der Waals surface area contributed by atoms with E-state index >= 15 is 0 Å². The number of nitro benzene ring substituents is 1. The maximum Gasteiger partial charge on any atom is 0.338 e. The van der Waals surface area contributed by atoms with Gasteiger partial charge in [0.2, 0.25) is 0 Å². The number of nitrogens with zero attached hydrogens (tertiary/aromatic N) is 4. The second-order valence-electron chi connectivity index (χ2n) is 8.42. The average molecular weight is 541 g/mol. The van der Waals surface area contributed by atoms with Crippen molar-refractivity contribution in [1.82, 2.24) is 4.57 Å². The highest BCUT2D eigenvalue weighted by Gasteiger charge is 2.34. The lowest BCUT2D eigenvalue weighted by molar-refractivity contribution is -0.384. The third-order valence-corrected chi connectivity index (χ3v) is 8.10. The summed E-state index contributed by atoms with van der Waals surface area (Å²) in [6.45, 7) is 6.05. The van der Waals surface area contributed by atoms with Gasteiger partial charge in [0.25, 0.3) is 11.2 Å². The van der Waals surface area contributed by atoms with E-state index in [0.29, 0.717) is 52.5 Å². The van der Waals surface area contributed by atoms with Gasteiger partial charge in [-0.2, -0.15) is 0 Å². The number of hydrogen-bond donors (Lipinski definition) is 0. The first-order chi connectivity index (χ1) is 17.9. The molecule has 0 unspecified atom stereocenters. The zero-order chi connectivity index (χ0) is 26.1. The summed E-state index contributed by atoms with van der Waals surface area (Å²) >= 11 is 2.63. The molecule has 0 saturated carbocycles. The molecule has 192 valence electrons. The minimum atomic E-state index is -0.665. The molecule has 0 bridgehead atoms. The number of carbonyl (C=O) groups is 1. The van der Waals surface area contributed by atoms with Gasteiger partial charge in [0.05, 0.1) is 40.5 Å². The van der Waals surface area contributed by atoms with Crippen LogP contribution in [0.15, 0.2) is 56.8 Å². The van der Waals surface area contributed by atoms with Crippen LogP contribution in [0.3, 0.4) is 0 Å². The minimum Gasteiger partial charge on any atom is -0.463 e. The van der Waals surface area contributed by atoms with Gasteiger partial charge >= 0.3 is 5.97 Å². The Morgan fingerprint density at radius 1 is 1.32 bits per heavy atom.